The molecule has 1 unspecified atom stereocenters. The van der Waals surface area contributed by atoms with Crippen molar-refractivity contribution in [2.45, 2.75) is 39.4 Å². The van der Waals surface area contributed by atoms with Crippen LogP contribution in [0.1, 0.15) is 38.0 Å². The highest BCUT2D eigenvalue weighted by atomic mass is 16.6. The number of rotatable bonds is 3. The molecule has 1 saturated heterocycles. The van der Waals surface area contributed by atoms with Crippen LogP contribution < -0.4 is 0 Å². The maximum absolute atomic E-state index is 12.0. The van der Waals surface area contributed by atoms with Gasteiger partial charge in [0.25, 0.3) is 0 Å². The first-order valence-electron chi connectivity index (χ1n) is 8.19. The molecule has 1 atom stereocenters. The number of aryl methyl sites for hydroxylation is 1. The molecule has 1 aromatic carbocycles. The van der Waals surface area contributed by atoms with Crippen LogP contribution >= 0.6 is 0 Å². The fourth-order valence-corrected chi connectivity index (χ4v) is 2.67. The van der Waals surface area contributed by atoms with Crippen LogP contribution in [0.3, 0.4) is 0 Å². The van der Waals surface area contributed by atoms with E-state index in [9.17, 15) is 9.90 Å². The fraction of sp³-hybridized carbons (Fsp3) is 0.611. The van der Waals surface area contributed by atoms with Crippen molar-refractivity contribution >= 4 is 6.09 Å². The first-order chi connectivity index (χ1) is 10.7. The molecule has 1 heterocycles. The van der Waals surface area contributed by atoms with Gasteiger partial charge in [-0.25, -0.2) is 4.79 Å². The Kier molecular flexibility index (Phi) is 5.65. The number of β-amino-alcohol motifs (C(OH)–C–C–N with tert-alkyl or cyclic N) is 1. The van der Waals surface area contributed by atoms with Crippen LogP contribution in [0.2, 0.25) is 0 Å². The van der Waals surface area contributed by atoms with Gasteiger partial charge in [-0.2, -0.15) is 0 Å². The maximum Gasteiger partial charge on any atom is 0.410 e. The monoisotopic (exact) mass is 320 g/mol. The Morgan fingerprint density at radius 2 is 1.91 bits per heavy atom. The minimum Gasteiger partial charge on any atom is -0.444 e. The maximum atomic E-state index is 12.0. The smallest absolute Gasteiger partial charge is 0.410 e. The number of aliphatic hydroxyl groups is 1. The lowest BCUT2D eigenvalue weighted by molar-refractivity contribution is 0.0101. The second-order valence-electron chi connectivity index (χ2n) is 7.20. The number of carbonyl (C=O) groups excluding carboxylic acids is 1. The van der Waals surface area contributed by atoms with E-state index in [4.69, 9.17) is 4.74 Å². The Bertz CT molecular complexity index is 531. The van der Waals surface area contributed by atoms with Crippen molar-refractivity contribution in [2.75, 3.05) is 32.7 Å². The lowest BCUT2D eigenvalue weighted by Gasteiger charge is -2.36. The van der Waals surface area contributed by atoms with Gasteiger partial charge in [0.15, 0.2) is 0 Å². The minimum absolute atomic E-state index is 0.253. The standard InChI is InChI=1S/C18H28N2O3/c1-14-6-5-7-15(12-14)16(21)13-19-8-10-20(11-9-19)17(22)23-18(2,3)4/h5-7,12,16,21H,8-11,13H2,1-4H3. The summed E-state index contributed by atoms with van der Waals surface area (Å²) in [5.74, 6) is 0. The van der Waals surface area contributed by atoms with Gasteiger partial charge in [0.05, 0.1) is 6.10 Å². The number of benzene rings is 1. The van der Waals surface area contributed by atoms with Crippen LogP contribution in [0.5, 0.6) is 0 Å². The number of aliphatic hydroxyl groups excluding tert-OH is 1. The van der Waals surface area contributed by atoms with Gasteiger partial charge in [-0.15, -0.1) is 0 Å². The summed E-state index contributed by atoms with van der Waals surface area (Å²) in [6.45, 7) is 11.0. The molecule has 1 aromatic rings. The van der Waals surface area contributed by atoms with Gasteiger partial charge in [-0.1, -0.05) is 29.8 Å². The fourth-order valence-electron chi connectivity index (χ4n) is 2.67. The molecule has 0 aliphatic carbocycles. The summed E-state index contributed by atoms with van der Waals surface area (Å²) in [4.78, 5) is 16.0. The summed E-state index contributed by atoms with van der Waals surface area (Å²) in [6.07, 6.45) is -0.751. The number of carbonyl (C=O) groups is 1. The molecule has 2 rings (SSSR count). The third-order valence-corrected chi connectivity index (χ3v) is 3.88. The molecule has 0 spiro atoms. The van der Waals surface area contributed by atoms with Crippen LogP contribution in [-0.4, -0.2) is 59.3 Å². The molecule has 1 N–H and O–H groups in total. The van der Waals surface area contributed by atoms with E-state index in [-0.39, 0.29) is 6.09 Å². The molecule has 1 amide bonds. The third-order valence-electron chi connectivity index (χ3n) is 3.88. The van der Waals surface area contributed by atoms with Crippen molar-refractivity contribution in [3.8, 4) is 0 Å². The molecule has 0 aromatic heterocycles. The summed E-state index contributed by atoms with van der Waals surface area (Å²) in [7, 11) is 0. The van der Waals surface area contributed by atoms with Crippen molar-refractivity contribution < 1.29 is 14.6 Å². The highest BCUT2D eigenvalue weighted by molar-refractivity contribution is 5.68. The van der Waals surface area contributed by atoms with Gasteiger partial charge in [-0.3, -0.25) is 4.90 Å². The van der Waals surface area contributed by atoms with Crippen molar-refractivity contribution in [2.24, 2.45) is 0 Å². The molecule has 0 radical (unpaired) electrons. The van der Waals surface area contributed by atoms with Gasteiger partial charge in [0.2, 0.25) is 0 Å². The Hall–Kier alpha value is -1.59. The van der Waals surface area contributed by atoms with E-state index in [2.05, 4.69) is 4.90 Å². The van der Waals surface area contributed by atoms with Gasteiger partial charge < -0.3 is 14.7 Å². The van der Waals surface area contributed by atoms with Crippen LogP contribution in [0.4, 0.5) is 4.79 Å². The summed E-state index contributed by atoms with van der Waals surface area (Å²) < 4.78 is 5.40. The van der Waals surface area contributed by atoms with Gasteiger partial charge in [-0.05, 0) is 33.3 Å². The first-order valence-corrected chi connectivity index (χ1v) is 8.19. The zero-order chi connectivity index (χ0) is 17.0. The van der Waals surface area contributed by atoms with Crippen LogP contribution in [0.25, 0.3) is 0 Å². The Morgan fingerprint density at radius 3 is 2.48 bits per heavy atom. The highest BCUT2D eigenvalue weighted by Crippen LogP contribution is 2.17. The number of ether oxygens (including phenoxy) is 1. The van der Waals surface area contributed by atoms with E-state index in [1.54, 1.807) is 4.90 Å². The van der Waals surface area contributed by atoms with E-state index in [0.29, 0.717) is 19.6 Å². The van der Waals surface area contributed by atoms with Crippen molar-refractivity contribution in [3.05, 3.63) is 35.4 Å². The molecule has 1 aliphatic rings. The zero-order valence-electron chi connectivity index (χ0n) is 14.6. The normalized spacial score (nSPS) is 17.9. The number of nitrogens with zero attached hydrogens (tertiary/aromatic N) is 2. The van der Waals surface area contributed by atoms with Gasteiger partial charge in [0, 0.05) is 32.7 Å². The first kappa shape index (κ1) is 17.8. The van der Waals surface area contributed by atoms with Crippen molar-refractivity contribution in [3.63, 3.8) is 0 Å². The lowest BCUT2D eigenvalue weighted by atomic mass is 10.1. The van der Waals surface area contributed by atoms with Gasteiger partial charge >= 0.3 is 6.09 Å². The summed E-state index contributed by atoms with van der Waals surface area (Å²) in [5.41, 5.74) is 1.63. The van der Waals surface area contributed by atoms with Gasteiger partial charge in [0.1, 0.15) is 5.60 Å². The molecule has 5 heteroatoms. The van der Waals surface area contributed by atoms with Crippen LogP contribution in [-0.2, 0) is 4.74 Å². The Morgan fingerprint density at radius 1 is 1.26 bits per heavy atom. The average molecular weight is 320 g/mol. The lowest BCUT2D eigenvalue weighted by Crippen LogP contribution is -2.50. The second-order valence-corrected chi connectivity index (χ2v) is 7.20. The SMILES string of the molecule is Cc1cccc(C(O)CN2CCN(C(=O)OC(C)(C)C)CC2)c1. The predicted octanol–water partition coefficient (Wildman–Crippen LogP) is 2.58. The molecule has 5 nitrogen and oxygen atoms in total. The van der Waals surface area contributed by atoms with E-state index < -0.39 is 11.7 Å². The van der Waals surface area contributed by atoms with Crippen molar-refractivity contribution in [1.29, 1.82) is 0 Å². The predicted molar refractivity (Wildman–Crippen MR) is 90.4 cm³/mol. The Balaban J connectivity index is 1.81. The van der Waals surface area contributed by atoms with E-state index >= 15 is 0 Å². The molecule has 128 valence electrons. The molecule has 0 saturated carbocycles. The molecular formula is C18H28N2O3. The molecule has 1 fully saturated rings. The van der Waals surface area contributed by atoms with E-state index in [1.165, 1.54) is 0 Å². The highest BCUT2D eigenvalue weighted by Gasteiger charge is 2.26. The van der Waals surface area contributed by atoms with Crippen molar-refractivity contribution in [1.82, 2.24) is 9.80 Å². The topological polar surface area (TPSA) is 53.0 Å². The second kappa shape index (κ2) is 7.32. The summed E-state index contributed by atoms with van der Waals surface area (Å²) in [5, 5.41) is 10.4. The number of piperazine rings is 1. The van der Waals surface area contributed by atoms with Crippen LogP contribution in [0.15, 0.2) is 24.3 Å². The third kappa shape index (κ3) is 5.52. The zero-order valence-corrected chi connectivity index (χ0v) is 14.6. The molecule has 23 heavy (non-hydrogen) atoms. The van der Waals surface area contributed by atoms with E-state index in [0.717, 1.165) is 24.2 Å². The number of amides is 1. The molecular weight excluding hydrogens is 292 g/mol. The molecule has 0 bridgehead atoms. The average Bonchev–Trinajstić information content (AvgIpc) is 2.46. The summed E-state index contributed by atoms with van der Waals surface area (Å²) >= 11 is 0. The Labute approximate surface area is 138 Å². The minimum atomic E-state index is -0.497. The molecule has 1 aliphatic heterocycles. The summed E-state index contributed by atoms with van der Waals surface area (Å²) in [6, 6.07) is 7.96. The number of hydrogen-bond acceptors (Lipinski definition) is 4. The largest absolute Gasteiger partial charge is 0.444 e. The number of hydrogen-bond donors (Lipinski definition) is 1. The quantitative estimate of drug-likeness (QED) is 0.930. The van der Waals surface area contributed by atoms with E-state index in [1.807, 2.05) is 52.0 Å². The van der Waals surface area contributed by atoms with Crippen LogP contribution in [0, 0.1) is 6.92 Å².